The Bertz CT molecular complexity index is 581. The summed E-state index contributed by atoms with van der Waals surface area (Å²) in [6.07, 6.45) is 4.56. The van der Waals surface area contributed by atoms with Crippen LogP contribution in [0.1, 0.15) is 30.5 Å². The number of aryl methyl sites for hydroxylation is 1. The topological polar surface area (TPSA) is 45.2 Å². The van der Waals surface area contributed by atoms with Gasteiger partial charge in [-0.15, -0.1) is 0 Å². The fourth-order valence-electron chi connectivity index (χ4n) is 2.28. The van der Waals surface area contributed by atoms with E-state index < -0.39 is 0 Å². The van der Waals surface area contributed by atoms with E-state index in [1.165, 1.54) is 5.56 Å². The second-order valence-electron chi connectivity index (χ2n) is 5.22. The van der Waals surface area contributed by atoms with Crippen molar-refractivity contribution in [2.75, 3.05) is 6.54 Å². The second-order valence-corrected chi connectivity index (χ2v) is 5.22. The molecule has 116 valence electrons. The maximum atomic E-state index is 12.3. The van der Waals surface area contributed by atoms with Gasteiger partial charge in [-0.3, -0.25) is 4.98 Å². The Morgan fingerprint density at radius 2 is 1.73 bits per heavy atom. The summed E-state index contributed by atoms with van der Waals surface area (Å²) >= 11 is 0. The van der Waals surface area contributed by atoms with E-state index >= 15 is 0 Å². The highest BCUT2D eigenvalue weighted by Crippen LogP contribution is 2.11. The van der Waals surface area contributed by atoms with Gasteiger partial charge >= 0.3 is 6.03 Å². The predicted molar refractivity (Wildman–Crippen MR) is 88.4 cm³/mol. The van der Waals surface area contributed by atoms with Crippen LogP contribution in [0.2, 0.25) is 0 Å². The van der Waals surface area contributed by atoms with Crippen molar-refractivity contribution in [3.8, 4) is 0 Å². The minimum absolute atomic E-state index is 0.0501. The number of nitrogens with zero attached hydrogens (tertiary/aromatic N) is 2. The van der Waals surface area contributed by atoms with Crippen LogP contribution < -0.4 is 5.32 Å². The molecule has 0 fully saturated rings. The molecule has 0 atom stereocenters. The fraction of sp³-hybridized carbons (Fsp3) is 0.333. The quantitative estimate of drug-likeness (QED) is 0.888. The molecule has 2 rings (SSSR count). The van der Waals surface area contributed by atoms with Crippen molar-refractivity contribution in [1.82, 2.24) is 15.2 Å². The zero-order chi connectivity index (χ0) is 15.8. The van der Waals surface area contributed by atoms with Crippen LogP contribution in [-0.2, 0) is 19.5 Å². The van der Waals surface area contributed by atoms with E-state index in [9.17, 15) is 4.79 Å². The van der Waals surface area contributed by atoms with E-state index in [4.69, 9.17) is 0 Å². The standard InChI is InChI=1S/C18H23N3O/c1-3-15-7-9-16(10-8-15)13-21(18(22)20-4-2)14-17-6-5-11-19-12-17/h5-12H,3-4,13-14H2,1-2H3,(H,20,22). The van der Waals surface area contributed by atoms with Crippen molar-refractivity contribution >= 4 is 6.03 Å². The highest BCUT2D eigenvalue weighted by molar-refractivity contribution is 5.74. The zero-order valence-corrected chi connectivity index (χ0v) is 13.2. The van der Waals surface area contributed by atoms with Crippen LogP contribution in [0, 0.1) is 0 Å². The number of pyridine rings is 1. The van der Waals surface area contributed by atoms with Gasteiger partial charge in [0.15, 0.2) is 0 Å². The van der Waals surface area contributed by atoms with Gasteiger partial charge in [0.2, 0.25) is 0 Å². The lowest BCUT2D eigenvalue weighted by molar-refractivity contribution is 0.193. The first-order chi connectivity index (χ1) is 10.7. The van der Waals surface area contributed by atoms with Crippen molar-refractivity contribution in [2.45, 2.75) is 33.4 Å². The van der Waals surface area contributed by atoms with Gasteiger partial charge < -0.3 is 10.2 Å². The number of hydrogen-bond acceptors (Lipinski definition) is 2. The molecular weight excluding hydrogens is 274 g/mol. The minimum Gasteiger partial charge on any atom is -0.338 e. The first kappa shape index (κ1) is 16.0. The lowest BCUT2D eigenvalue weighted by Gasteiger charge is -2.23. The highest BCUT2D eigenvalue weighted by atomic mass is 16.2. The van der Waals surface area contributed by atoms with E-state index in [0.29, 0.717) is 19.6 Å². The molecule has 0 aliphatic heterocycles. The summed E-state index contributed by atoms with van der Waals surface area (Å²) in [5.74, 6) is 0. The molecule has 0 bridgehead atoms. The fourth-order valence-corrected chi connectivity index (χ4v) is 2.28. The van der Waals surface area contributed by atoms with Crippen molar-refractivity contribution in [2.24, 2.45) is 0 Å². The maximum Gasteiger partial charge on any atom is 0.317 e. The summed E-state index contributed by atoms with van der Waals surface area (Å²) in [5.41, 5.74) is 3.46. The summed E-state index contributed by atoms with van der Waals surface area (Å²) in [5, 5.41) is 2.88. The largest absolute Gasteiger partial charge is 0.338 e. The Morgan fingerprint density at radius 3 is 2.32 bits per heavy atom. The third-order valence-electron chi connectivity index (χ3n) is 3.52. The minimum atomic E-state index is -0.0501. The number of amides is 2. The number of benzene rings is 1. The Hall–Kier alpha value is -2.36. The molecule has 1 N–H and O–H groups in total. The van der Waals surface area contributed by atoms with E-state index in [1.807, 2.05) is 24.0 Å². The van der Waals surface area contributed by atoms with Gasteiger partial charge in [0, 0.05) is 32.0 Å². The Balaban J connectivity index is 2.11. The molecule has 2 aromatic rings. The van der Waals surface area contributed by atoms with Crippen molar-refractivity contribution in [3.05, 3.63) is 65.5 Å². The Morgan fingerprint density at radius 1 is 1.05 bits per heavy atom. The lowest BCUT2D eigenvalue weighted by atomic mass is 10.1. The van der Waals surface area contributed by atoms with E-state index in [2.05, 4.69) is 41.5 Å². The summed E-state index contributed by atoms with van der Waals surface area (Å²) in [6, 6.07) is 12.2. The van der Waals surface area contributed by atoms with E-state index in [-0.39, 0.29) is 6.03 Å². The average molecular weight is 297 g/mol. The first-order valence-corrected chi connectivity index (χ1v) is 7.72. The second kappa shape index (κ2) is 8.17. The van der Waals surface area contributed by atoms with Crippen LogP contribution in [0.25, 0.3) is 0 Å². The van der Waals surface area contributed by atoms with Crippen LogP contribution in [-0.4, -0.2) is 22.5 Å². The van der Waals surface area contributed by atoms with Crippen molar-refractivity contribution < 1.29 is 4.79 Å². The number of rotatable bonds is 6. The molecule has 0 aliphatic rings. The number of aromatic nitrogens is 1. The van der Waals surface area contributed by atoms with Gasteiger partial charge in [-0.1, -0.05) is 37.3 Å². The molecule has 0 spiro atoms. The van der Waals surface area contributed by atoms with E-state index in [1.54, 1.807) is 12.4 Å². The molecule has 1 heterocycles. The molecule has 1 aromatic carbocycles. The smallest absolute Gasteiger partial charge is 0.317 e. The molecule has 0 aliphatic carbocycles. The number of carbonyl (C=O) groups is 1. The van der Waals surface area contributed by atoms with Gasteiger partial charge in [-0.25, -0.2) is 4.79 Å². The molecular formula is C18H23N3O. The van der Waals surface area contributed by atoms with Gasteiger partial charge in [-0.2, -0.15) is 0 Å². The molecule has 0 radical (unpaired) electrons. The van der Waals surface area contributed by atoms with Gasteiger partial charge in [0.25, 0.3) is 0 Å². The van der Waals surface area contributed by atoms with Crippen LogP contribution in [0.3, 0.4) is 0 Å². The third-order valence-corrected chi connectivity index (χ3v) is 3.52. The number of carbonyl (C=O) groups excluding carboxylic acids is 1. The average Bonchev–Trinajstić information content (AvgIpc) is 2.56. The summed E-state index contributed by atoms with van der Waals surface area (Å²) in [4.78, 5) is 18.2. The van der Waals surface area contributed by atoms with Gasteiger partial charge in [-0.05, 0) is 36.1 Å². The molecule has 4 heteroatoms. The summed E-state index contributed by atoms with van der Waals surface area (Å²) in [7, 11) is 0. The summed E-state index contributed by atoms with van der Waals surface area (Å²) < 4.78 is 0. The molecule has 1 aromatic heterocycles. The van der Waals surface area contributed by atoms with E-state index in [0.717, 1.165) is 17.5 Å². The molecule has 0 saturated carbocycles. The molecule has 0 unspecified atom stereocenters. The van der Waals surface area contributed by atoms with Gasteiger partial charge in [0.1, 0.15) is 0 Å². The monoisotopic (exact) mass is 297 g/mol. The van der Waals surface area contributed by atoms with Crippen molar-refractivity contribution in [1.29, 1.82) is 0 Å². The molecule has 22 heavy (non-hydrogen) atoms. The van der Waals surface area contributed by atoms with Gasteiger partial charge in [0.05, 0.1) is 0 Å². The molecule has 2 amide bonds. The van der Waals surface area contributed by atoms with Crippen LogP contribution >= 0.6 is 0 Å². The summed E-state index contributed by atoms with van der Waals surface area (Å²) in [6.45, 7) is 5.83. The molecule has 0 saturated heterocycles. The zero-order valence-electron chi connectivity index (χ0n) is 13.2. The van der Waals surface area contributed by atoms with Crippen LogP contribution in [0.15, 0.2) is 48.8 Å². The first-order valence-electron chi connectivity index (χ1n) is 7.72. The number of urea groups is 1. The number of hydrogen-bond donors (Lipinski definition) is 1. The molecule has 4 nitrogen and oxygen atoms in total. The predicted octanol–water partition coefficient (Wildman–Crippen LogP) is 3.38. The SMILES string of the molecule is CCNC(=O)N(Cc1ccc(CC)cc1)Cc1cccnc1. The normalized spacial score (nSPS) is 10.3. The van der Waals surface area contributed by atoms with Crippen molar-refractivity contribution in [3.63, 3.8) is 0 Å². The highest BCUT2D eigenvalue weighted by Gasteiger charge is 2.13. The Labute approximate surface area is 132 Å². The third kappa shape index (κ3) is 4.58. The van der Waals surface area contributed by atoms with Crippen LogP contribution in [0.4, 0.5) is 4.79 Å². The van der Waals surface area contributed by atoms with Crippen LogP contribution in [0.5, 0.6) is 0 Å². The number of nitrogens with one attached hydrogen (secondary N) is 1. The lowest BCUT2D eigenvalue weighted by Crippen LogP contribution is -2.39. The maximum absolute atomic E-state index is 12.3. The Kier molecular flexibility index (Phi) is 5.95.